The summed E-state index contributed by atoms with van der Waals surface area (Å²) in [7, 11) is -3.63. The molecule has 94 valence electrons. The highest BCUT2D eigenvalue weighted by atomic mass is 32.2. The molecule has 5 nitrogen and oxygen atoms in total. The first-order valence-electron chi connectivity index (χ1n) is 4.82. The van der Waals surface area contributed by atoms with Crippen molar-refractivity contribution in [3.05, 3.63) is 24.3 Å². The van der Waals surface area contributed by atoms with Crippen molar-refractivity contribution in [1.82, 2.24) is 4.72 Å². The summed E-state index contributed by atoms with van der Waals surface area (Å²) in [5.41, 5.74) is 0. The lowest BCUT2D eigenvalue weighted by Crippen LogP contribution is -2.26. The maximum absolute atomic E-state index is 11.9. The number of benzene rings is 1. The smallest absolute Gasteiger partial charge is 0.304 e. The zero-order valence-electron chi connectivity index (χ0n) is 9.21. The van der Waals surface area contributed by atoms with E-state index in [4.69, 9.17) is 5.11 Å². The summed E-state index contributed by atoms with van der Waals surface area (Å²) in [5, 5.41) is 8.44. The van der Waals surface area contributed by atoms with Crippen molar-refractivity contribution < 1.29 is 18.3 Å². The predicted molar refractivity (Wildman–Crippen MR) is 65.7 cm³/mol. The van der Waals surface area contributed by atoms with E-state index in [0.29, 0.717) is 4.90 Å². The number of nitrogens with one attached hydrogen (secondary N) is 1. The second-order valence-electron chi connectivity index (χ2n) is 3.19. The Kier molecular flexibility index (Phi) is 4.98. The Morgan fingerprint density at radius 1 is 1.41 bits per heavy atom. The molecule has 0 saturated heterocycles. The number of hydrogen-bond acceptors (Lipinski definition) is 4. The van der Waals surface area contributed by atoms with Crippen LogP contribution in [-0.2, 0) is 14.8 Å². The lowest BCUT2D eigenvalue weighted by molar-refractivity contribution is -0.136. The molecule has 7 heteroatoms. The fraction of sp³-hybridized carbons (Fsp3) is 0.300. The molecule has 0 fully saturated rings. The zero-order chi connectivity index (χ0) is 12.9. The van der Waals surface area contributed by atoms with Gasteiger partial charge in [0.2, 0.25) is 10.0 Å². The molecular formula is C10H13NO4S2. The van der Waals surface area contributed by atoms with Gasteiger partial charge in [0.1, 0.15) is 0 Å². The van der Waals surface area contributed by atoms with Crippen molar-refractivity contribution in [2.24, 2.45) is 0 Å². The summed E-state index contributed by atoms with van der Waals surface area (Å²) < 4.78 is 26.0. The minimum Gasteiger partial charge on any atom is -0.481 e. The van der Waals surface area contributed by atoms with Crippen molar-refractivity contribution in [1.29, 1.82) is 0 Å². The molecule has 0 heterocycles. The van der Waals surface area contributed by atoms with Gasteiger partial charge in [-0.3, -0.25) is 4.79 Å². The van der Waals surface area contributed by atoms with Crippen molar-refractivity contribution in [2.45, 2.75) is 16.2 Å². The third kappa shape index (κ3) is 4.03. The average molecular weight is 275 g/mol. The summed E-state index contributed by atoms with van der Waals surface area (Å²) in [6, 6.07) is 6.58. The molecule has 17 heavy (non-hydrogen) atoms. The van der Waals surface area contributed by atoms with Crippen LogP contribution in [0.3, 0.4) is 0 Å². The standard InChI is InChI=1S/C10H13NO4S2/c1-16-8-4-2-3-5-9(8)17(14,15)11-7-6-10(12)13/h2-5,11H,6-7H2,1H3,(H,12,13). The Balaban J connectivity index is 2.86. The van der Waals surface area contributed by atoms with E-state index in [9.17, 15) is 13.2 Å². The number of sulfonamides is 1. The molecule has 2 N–H and O–H groups in total. The van der Waals surface area contributed by atoms with Crippen LogP contribution in [0.25, 0.3) is 0 Å². The minimum atomic E-state index is -3.63. The molecule has 0 unspecified atom stereocenters. The van der Waals surface area contributed by atoms with Gasteiger partial charge in [-0.2, -0.15) is 0 Å². The van der Waals surface area contributed by atoms with Gasteiger partial charge in [0.15, 0.2) is 0 Å². The van der Waals surface area contributed by atoms with Gasteiger partial charge in [-0.1, -0.05) is 12.1 Å². The van der Waals surface area contributed by atoms with Crippen molar-refractivity contribution in [3.63, 3.8) is 0 Å². The Morgan fingerprint density at radius 2 is 2.06 bits per heavy atom. The normalized spacial score (nSPS) is 11.4. The van der Waals surface area contributed by atoms with Crippen molar-refractivity contribution in [3.8, 4) is 0 Å². The van der Waals surface area contributed by atoms with E-state index < -0.39 is 16.0 Å². The second kappa shape index (κ2) is 6.04. The maximum atomic E-state index is 11.9. The molecule has 0 aliphatic carbocycles. The highest BCUT2D eigenvalue weighted by molar-refractivity contribution is 7.99. The lowest BCUT2D eigenvalue weighted by Gasteiger charge is -2.08. The first-order valence-corrected chi connectivity index (χ1v) is 7.52. The SMILES string of the molecule is CSc1ccccc1S(=O)(=O)NCCC(=O)O. The first-order chi connectivity index (χ1) is 7.97. The summed E-state index contributed by atoms with van der Waals surface area (Å²) in [6.45, 7) is -0.111. The number of aliphatic carboxylic acids is 1. The lowest BCUT2D eigenvalue weighted by atomic mass is 10.4. The van der Waals surface area contributed by atoms with Crippen LogP contribution in [0.4, 0.5) is 0 Å². The monoisotopic (exact) mass is 275 g/mol. The maximum Gasteiger partial charge on any atom is 0.304 e. The number of carboxylic acids is 1. The average Bonchev–Trinajstić information content (AvgIpc) is 2.28. The van der Waals surface area contributed by atoms with Crippen LogP contribution in [0.5, 0.6) is 0 Å². The molecule has 1 aromatic carbocycles. The Bertz CT molecular complexity index is 499. The third-order valence-electron chi connectivity index (χ3n) is 1.99. The zero-order valence-corrected chi connectivity index (χ0v) is 10.8. The number of rotatable bonds is 6. The van der Waals surface area contributed by atoms with Gasteiger partial charge in [-0.05, 0) is 18.4 Å². The molecular weight excluding hydrogens is 262 g/mol. The summed E-state index contributed by atoms with van der Waals surface area (Å²) >= 11 is 1.33. The van der Waals surface area contributed by atoms with Crippen molar-refractivity contribution >= 4 is 27.8 Å². The van der Waals surface area contributed by atoms with Crippen LogP contribution in [0.2, 0.25) is 0 Å². The van der Waals surface area contributed by atoms with Gasteiger partial charge in [-0.15, -0.1) is 11.8 Å². The first kappa shape index (κ1) is 14.0. The molecule has 0 aliphatic heterocycles. The predicted octanol–water partition coefficient (Wildman–Crippen LogP) is 1.16. The molecule has 0 aliphatic rings. The van der Waals surface area contributed by atoms with E-state index in [1.54, 1.807) is 24.5 Å². The highest BCUT2D eigenvalue weighted by Crippen LogP contribution is 2.23. The Morgan fingerprint density at radius 3 is 2.65 bits per heavy atom. The summed E-state index contributed by atoms with van der Waals surface area (Å²) in [5.74, 6) is -1.04. The molecule has 0 saturated carbocycles. The topological polar surface area (TPSA) is 83.5 Å². The van der Waals surface area contributed by atoms with Gasteiger partial charge >= 0.3 is 5.97 Å². The molecule has 1 aromatic rings. The van der Waals surface area contributed by atoms with Crippen LogP contribution in [0.15, 0.2) is 34.1 Å². The van der Waals surface area contributed by atoms with Crippen molar-refractivity contribution in [2.75, 3.05) is 12.8 Å². The van der Waals surface area contributed by atoms with Gasteiger partial charge < -0.3 is 5.11 Å². The molecule has 0 amide bonds. The van der Waals surface area contributed by atoms with Crippen LogP contribution >= 0.6 is 11.8 Å². The largest absolute Gasteiger partial charge is 0.481 e. The summed E-state index contributed by atoms with van der Waals surface area (Å²) in [6.07, 6.45) is 1.55. The highest BCUT2D eigenvalue weighted by Gasteiger charge is 2.17. The van der Waals surface area contributed by atoms with Gasteiger partial charge in [0.05, 0.1) is 11.3 Å². The molecule has 0 radical (unpaired) electrons. The van der Waals surface area contributed by atoms with E-state index in [2.05, 4.69) is 4.72 Å². The molecule has 0 aromatic heterocycles. The van der Waals surface area contributed by atoms with E-state index >= 15 is 0 Å². The van der Waals surface area contributed by atoms with Crippen LogP contribution in [0, 0.1) is 0 Å². The van der Waals surface area contributed by atoms with E-state index in [1.807, 2.05) is 0 Å². The van der Waals surface area contributed by atoms with Gasteiger partial charge in [-0.25, -0.2) is 13.1 Å². The van der Waals surface area contributed by atoms with E-state index in [1.165, 1.54) is 17.8 Å². The Hall–Kier alpha value is -1.05. The number of carboxylic acid groups (broad SMARTS) is 1. The van der Waals surface area contributed by atoms with E-state index in [-0.39, 0.29) is 17.9 Å². The number of thioether (sulfide) groups is 1. The fourth-order valence-electron chi connectivity index (χ4n) is 1.21. The quantitative estimate of drug-likeness (QED) is 0.761. The molecule has 1 rings (SSSR count). The molecule has 0 atom stereocenters. The van der Waals surface area contributed by atoms with Crippen LogP contribution in [-0.4, -0.2) is 32.3 Å². The molecule has 0 bridgehead atoms. The minimum absolute atomic E-state index is 0.111. The van der Waals surface area contributed by atoms with Gasteiger partial charge in [0.25, 0.3) is 0 Å². The molecule has 0 spiro atoms. The van der Waals surface area contributed by atoms with Crippen LogP contribution in [0.1, 0.15) is 6.42 Å². The van der Waals surface area contributed by atoms with E-state index in [0.717, 1.165) is 0 Å². The number of hydrogen-bond donors (Lipinski definition) is 2. The second-order valence-corrected chi connectivity index (χ2v) is 5.78. The number of carbonyl (C=O) groups is 1. The van der Waals surface area contributed by atoms with Gasteiger partial charge in [0, 0.05) is 11.4 Å². The Labute approximate surface area is 104 Å². The third-order valence-corrected chi connectivity index (χ3v) is 4.43. The summed E-state index contributed by atoms with van der Waals surface area (Å²) in [4.78, 5) is 11.1. The fourth-order valence-corrected chi connectivity index (χ4v) is 3.39. The van der Waals surface area contributed by atoms with Crippen LogP contribution < -0.4 is 4.72 Å².